The first-order chi connectivity index (χ1) is 12.2. The number of aliphatic hydroxyl groups excluding tert-OH is 1. The quantitative estimate of drug-likeness (QED) is 0.807. The maximum Gasteiger partial charge on any atom is 0.213 e. The fourth-order valence-electron chi connectivity index (χ4n) is 3.95. The van der Waals surface area contributed by atoms with Gasteiger partial charge in [0, 0.05) is 23.5 Å². The van der Waals surface area contributed by atoms with Crippen LogP contribution in [0.1, 0.15) is 45.3 Å². The van der Waals surface area contributed by atoms with Gasteiger partial charge in [-0.05, 0) is 48.8 Å². The van der Waals surface area contributed by atoms with Crippen LogP contribution in [0.5, 0.6) is 0 Å². The molecule has 1 fully saturated rings. The first-order valence-corrected chi connectivity index (χ1v) is 10.9. The van der Waals surface area contributed by atoms with E-state index in [-0.39, 0.29) is 11.7 Å². The molecule has 6 nitrogen and oxygen atoms in total. The first kappa shape index (κ1) is 19.6. The zero-order valence-corrected chi connectivity index (χ0v) is 16.9. The van der Waals surface area contributed by atoms with Crippen molar-refractivity contribution in [3.63, 3.8) is 0 Å². The zero-order chi connectivity index (χ0) is 19.1. The van der Waals surface area contributed by atoms with Crippen molar-refractivity contribution < 1.29 is 13.5 Å². The summed E-state index contributed by atoms with van der Waals surface area (Å²) in [4.78, 5) is 0. The molecule has 2 N–H and O–H groups in total. The summed E-state index contributed by atoms with van der Waals surface area (Å²) >= 11 is 6.21. The van der Waals surface area contributed by atoms with E-state index in [0.717, 1.165) is 29.3 Å². The molecule has 0 bridgehead atoms. The molecule has 144 valence electrons. The molecule has 26 heavy (non-hydrogen) atoms. The fourth-order valence-corrected chi connectivity index (χ4v) is 5.31. The average molecular weight is 400 g/mol. The minimum absolute atomic E-state index is 0.130. The Bertz CT molecular complexity index is 886. The highest BCUT2D eigenvalue weighted by Crippen LogP contribution is 2.46. The maximum absolute atomic E-state index is 12.1. The van der Waals surface area contributed by atoms with Gasteiger partial charge in [-0.2, -0.15) is 5.10 Å². The van der Waals surface area contributed by atoms with Crippen molar-refractivity contribution in [2.75, 3.05) is 18.8 Å². The molecule has 0 spiro atoms. The van der Waals surface area contributed by atoms with Gasteiger partial charge in [0.05, 0.1) is 23.6 Å². The number of aromatic amines is 1. The summed E-state index contributed by atoms with van der Waals surface area (Å²) in [5.74, 6) is 0.340. The second-order valence-corrected chi connectivity index (χ2v) is 10.3. The summed E-state index contributed by atoms with van der Waals surface area (Å²) in [6, 6.07) is 3.59. The van der Waals surface area contributed by atoms with Crippen LogP contribution in [-0.4, -0.2) is 46.9 Å². The normalized spacial score (nSPS) is 19.1. The lowest BCUT2D eigenvalue weighted by Gasteiger charge is -2.43. The minimum Gasteiger partial charge on any atom is -0.388 e. The molecule has 3 rings (SSSR count). The summed E-state index contributed by atoms with van der Waals surface area (Å²) in [7, 11) is -3.15. The van der Waals surface area contributed by atoms with Gasteiger partial charge in [0.15, 0.2) is 0 Å². The number of H-pyrrole nitrogens is 1. The summed E-state index contributed by atoms with van der Waals surface area (Å²) in [5, 5.41) is 19.5. The molecule has 1 aliphatic heterocycles. The molecule has 8 heteroatoms. The standard InChI is InChI=1S/C18H26ClN3O3S/c1-4-26(24,25)22-7-5-12(6-8-22)18(2,3)17(23)14-9-13(19)10-16-15(14)11-20-21-16/h9-12,17,23H,4-8H2,1-3H3,(H,20,21). The third kappa shape index (κ3) is 3.50. The largest absolute Gasteiger partial charge is 0.388 e. The summed E-state index contributed by atoms with van der Waals surface area (Å²) in [5.41, 5.74) is 1.14. The van der Waals surface area contributed by atoms with E-state index >= 15 is 0 Å². The SMILES string of the molecule is CCS(=O)(=O)N1CCC(C(C)(C)C(O)c2cc(Cl)cc3[nH]ncc23)CC1. The number of nitrogens with one attached hydrogen (secondary N) is 1. The topological polar surface area (TPSA) is 86.3 Å². The van der Waals surface area contributed by atoms with E-state index in [1.807, 2.05) is 13.8 Å². The van der Waals surface area contributed by atoms with E-state index in [9.17, 15) is 13.5 Å². The molecule has 1 aromatic heterocycles. The molecule has 0 saturated carbocycles. The Morgan fingerprint density at radius 3 is 2.65 bits per heavy atom. The van der Waals surface area contributed by atoms with Crippen LogP contribution in [-0.2, 0) is 10.0 Å². The predicted molar refractivity (Wildman–Crippen MR) is 104 cm³/mol. The number of piperidine rings is 1. The number of halogens is 1. The second-order valence-electron chi connectivity index (χ2n) is 7.62. The van der Waals surface area contributed by atoms with Gasteiger partial charge in [-0.25, -0.2) is 12.7 Å². The van der Waals surface area contributed by atoms with Gasteiger partial charge in [-0.1, -0.05) is 25.4 Å². The minimum atomic E-state index is -3.15. The fraction of sp³-hybridized carbons (Fsp3) is 0.611. The third-order valence-corrected chi connectivity index (χ3v) is 7.92. The molecule has 1 saturated heterocycles. The number of benzene rings is 1. The average Bonchev–Trinajstić information content (AvgIpc) is 3.08. The monoisotopic (exact) mass is 399 g/mol. The van der Waals surface area contributed by atoms with Crippen LogP contribution in [0.4, 0.5) is 0 Å². The lowest BCUT2D eigenvalue weighted by atomic mass is 9.68. The highest BCUT2D eigenvalue weighted by Gasteiger charge is 2.41. The number of rotatable bonds is 5. The van der Waals surface area contributed by atoms with Crippen molar-refractivity contribution in [3.8, 4) is 0 Å². The Morgan fingerprint density at radius 1 is 1.38 bits per heavy atom. The number of hydrogen-bond acceptors (Lipinski definition) is 4. The van der Waals surface area contributed by atoms with Crippen LogP contribution in [0.2, 0.25) is 5.02 Å². The van der Waals surface area contributed by atoms with E-state index < -0.39 is 21.5 Å². The first-order valence-electron chi connectivity index (χ1n) is 8.95. The molecule has 1 aromatic carbocycles. The van der Waals surface area contributed by atoms with Crippen LogP contribution < -0.4 is 0 Å². The van der Waals surface area contributed by atoms with Crippen LogP contribution >= 0.6 is 11.6 Å². The zero-order valence-electron chi connectivity index (χ0n) is 15.4. The van der Waals surface area contributed by atoms with Crippen molar-refractivity contribution in [1.82, 2.24) is 14.5 Å². The van der Waals surface area contributed by atoms with Crippen LogP contribution in [0.15, 0.2) is 18.3 Å². The molecule has 0 radical (unpaired) electrons. The van der Waals surface area contributed by atoms with Crippen molar-refractivity contribution in [2.24, 2.45) is 11.3 Å². The van der Waals surface area contributed by atoms with Crippen LogP contribution in [0, 0.1) is 11.3 Å². The number of sulfonamides is 1. The van der Waals surface area contributed by atoms with E-state index in [1.165, 1.54) is 0 Å². The lowest BCUT2D eigenvalue weighted by Crippen LogP contribution is -2.44. The van der Waals surface area contributed by atoms with Gasteiger partial charge in [0.1, 0.15) is 0 Å². The smallest absolute Gasteiger partial charge is 0.213 e. The van der Waals surface area contributed by atoms with Crippen molar-refractivity contribution >= 4 is 32.5 Å². The predicted octanol–water partition coefficient (Wildman–Crippen LogP) is 3.34. The molecule has 1 atom stereocenters. The summed E-state index contributed by atoms with van der Waals surface area (Å²) < 4.78 is 25.7. The van der Waals surface area contributed by atoms with Gasteiger partial charge >= 0.3 is 0 Å². The Hall–Kier alpha value is -1.15. The number of hydrogen-bond donors (Lipinski definition) is 2. The van der Waals surface area contributed by atoms with Gasteiger partial charge in [-0.3, -0.25) is 5.10 Å². The van der Waals surface area contributed by atoms with Gasteiger partial charge in [-0.15, -0.1) is 0 Å². The molecule has 0 amide bonds. The molecule has 0 aliphatic carbocycles. The maximum atomic E-state index is 12.1. The molecule has 2 heterocycles. The molecular weight excluding hydrogens is 374 g/mol. The van der Waals surface area contributed by atoms with Gasteiger partial charge < -0.3 is 5.11 Å². The highest BCUT2D eigenvalue weighted by atomic mass is 35.5. The van der Waals surface area contributed by atoms with E-state index in [4.69, 9.17) is 11.6 Å². The lowest BCUT2D eigenvalue weighted by molar-refractivity contribution is -0.0112. The summed E-state index contributed by atoms with van der Waals surface area (Å²) in [6.45, 7) is 6.77. The Balaban J connectivity index is 1.83. The molecule has 1 aliphatic rings. The number of nitrogens with zero attached hydrogens (tertiary/aromatic N) is 2. The van der Waals surface area contributed by atoms with E-state index in [0.29, 0.717) is 18.1 Å². The Labute approximate surface area is 159 Å². The third-order valence-electron chi connectivity index (χ3n) is 5.82. The number of aliphatic hydroxyl groups is 1. The molecule has 1 unspecified atom stereocenters. The summed E-state index contributed by atoms with van der Waals surface area (Å²) in [6.07, 6.45) is 2.45. The highest BCUT2D eigenvalue weighted by molar-refractivity contribution is 7.89. The van der Waals surface area contributed by atoms with E-state index in [2.05, 4.69) is 10.2 Å². The van der Waals surface area contributed by atoms with Crippen LogP contribution in [0.25, 0.3) is 10.9 Å². The Morgan fingerprint density at radius 2 is 2.04 bits per heavy atom. The van der Waals surface area contributed by atoms with Crippen molar-refractivity contribution in [1.29, 1.82) is 0 Å². The van der Waals surface area contributed by atoms with Crippen molar-refractivity contribution in [2.45, 2.75) is 39.7 Å². The van der Waals surface area contributed by atoms with Crippen LogP contribution in [0.3, 0.4) is 0 Å². The van der Waals surface area contributed by atoms with E-state index in [1.54, 1.807) is 29.6 Å². The molecule has 2 aromatic rings. The van der Waals surface area contributed by atoms with Gasteiger partial charge in [0.2, 0.25) is 10.0 Å². The second kappa shape index (κ2) is 7.11. The van der Waals surface area contributed by atoms with Crippen molar-refractivity contribution in [3.05, 3.63) is 28.9 Å². The van der Waals surface area contributed by atoms with Gasteiger partial charge in [0.25, 0.3) is 0 Å². The molecular formula is C18H26ClN3O3S. The number of aromatic nitrogens is 2. The number of fused-ring (bicyclic) bond motifs is 1. The Kier molecular flexibility index (Phi) is 5.36.